The SMILES string of the molecule is CC(=O)c1cccc(-c2ccc(C(=O)[O-])c(C)c2)c1. The summed E-state index contributed by atoms with van der Waals surface area (Å²) in [5.74, 6) is -1.17. The van der Waals surface area contributed by atoms with E-state index < -0.39 is 5.97 Å². The van der Waals surface area contributed by atoms with E-state index in [4.69, 9.17) is 0 Å². The predicted molar refractivity (Wildman–Crippen MR) is 71.0 cm³/mol. The molecule has 0 unspecified atom stereocenters. The van der Waals surface area contributed by atoms with Crippen molar-refractivity contribution in [1.29, 1.82) is 0 Å². The number of carboxylic acids is 1. The van der Waals surface area contributed by atoms with Crippen LogP contribution in [0.15, 0.2) is 42.5 Å². The maximum atomic E-state index is 11.4. The Labute approximate surface area is 111 Å². The van der Waals surface area contributed by atoms with Crippen LogP contribution in [0.2, 0.25) is 0 Å². The molecule has 3 heteroatoms. The van der Waals surface area contributed by atoms with Crippen LogP contribution in [0.3, 0.4) is 0 Å². The van der Waals surface area contributed by atoms with Gasteiger partial charge in [-0.2, -0.15) is 0 Å². The molecule has 0 heterocycles. The number of hydrogen-bond donors (Lipinski definition) is 0. The van der Waals surface area contributed by atoms with Crippen LogP contribution in [-0.2, 0) is 0 Å². The fraction of sp³-hybridized carbons (Fsp3) is 0.125. The first-order chi connectivity index (χ1) is 8.99. The van der Waals surface area contributed by atoms with Gasteiger partial charge in [-0.3, -0.25) is 4.79 Å². The Morgan fingerprint density at radius 2 is 1.68 bits per heavy atom. The number of rotatable bonds is 3. The highest BCUT2D eigenvalue weighted by Gasteiger charge is 2.05. The van der Waals surface area contributed by atoms with E-state index in [1.807, 2.05) is 12.1 Å². The number of hydrogen-bond acceptors (Lipinski definition) is 3. The molecule has 0 saturated carbocycles. The van der Waals surface area contributed by atoms with Crippen molar-refractivity contribution in [2.75, 3.05) is 0 Å². The van der Waals surface area contributed by atoms with Crippen LogP contribution < -0.4 is 5.11 Å². The van der Waals surface area contributed by atoms with E-state index in [-0.39, 0.29) is 11.3 Å². The molecule has 0 saturated heterocycles. The Bertz CT molecular complexity index is 657. The summed E-state index contributed by atoms with van der Waals surface area (Å²) in [5, 5.41) is 10.9. The molecule has 0 aliphatic heterocycles. The average Bonchev–Trinajstić information content (AvgIpc) is 2.38. The normalized spacial score (nSPS) is 10.2. The van der Waals surface area contributed by atoms with Gasteiger partial charge in [0.2, 0.25) is 0 Å². The lowest BCUT2D eigenvalue weighted by Gasteiger charge is -2.10. The largest absolute Gasteiger partial charge is 0.545 e. The lowest BCUT2D eigenvalue weighted by molar-refractivity contribution is -0.255. The molecule has 2 aromatic carbocycles. The van der Waals surface area contributed by atoms with Crippen molar-refractivity contribution in [3.8, 4) is 11.1 Å². The van der Waals surface area contributed by atoms with Gasteiger partial charge in [-0.25, -0.2) is 0 Å². The summed E-state index contributed by atoms with van der Waals surface area (Å²) in [4.78, 5) is 22.2. The topological polar surface area (TPSA) is 57.2 Å². The third kappa shape index (κ3) is 2.71. The zero-order valence-corrected chi connectivity index (χ0v) is 10.8. The van der Waals surface area contributed by atoms with Gasteiger partial charge in [0, 0.05) is 11.1 Å². The Hall–Kier alpha value is -2.42. The highest BCUT2D eigenvalue weighted by molar-refractivity contribution is 5.95. The summed E-state index contributed by atoms with van der Waals surface area (Å²) in [5.41, 5.74) is 3.24. The van der Waals surface area contributed by atoms with Gasteiger partial charge in [-0.05, 0) is 36.6 Å². The molecule has 0 N–H and O–H groups in total. The molecule has 2 aromatic rings. The fourth-order valence-corrected chi connectivity index (χ4v) is 1.99. The fourth-order valence-electron chi connectivity index (χ4n) is 1.99. The first kappa shape index (κ1) is 13.0. The molecular weight excluding hydrogens is 240 g/mol. The number of benzene rings is 2. The van der Waals surface area contributed by atoms with Crippen LogP contribution in [0, 0.1) is 6.92 Å². The van der Waals surface area contributed by atoms with Crippen molar-refractivity contribution < 1.29 is 14.7 Å². The maximum Gasteiger partial charge on any atom is 0.159 e. The van der Waals surface area contributed by atoms with Crippen molar-refractivity contribution in [3.63, 3.8) is 0 Å². The molecule has 3 nitrogen and oxygen atoms in total. The lowest BCUT2D eigenvalue weighted by atomic mass is 9.98. The van der Waals surface area contributed by atoms with Crippen molar-refractivity contribution in [2.45, 2.75) is 13.8 Å². The van der Waals surface area contributed by atoms with Gasteiger partial charge in [0.05, 0.1) is 5.97 Å². The zero-order chi connectivity index (χ0) is 14.0. The number of carbonyl (C=O) groups is 2. The van der Waals surface area contributed by atoms with Crippen LogP contribution in [0.25, 0.3) is 11.1 Å². The third-order valence-electron chi connectivity index (χ3n) is 3.05. The van der Waals surface area contributed by atoms with Crippen molar-refractivity contribution in [1.82, 2.24) is 0 Å². The molecule has 0 amide bonds. The molecule has 0 atom stereocenters. The Kier molecular flexibility index (Phi) is 3.47. The van der Waals surface area contributed by atoms with Gasteiger partial charge in [0.1, 0.15) is 0 Å². The summed E-state index contributed by atoms with van der Waals surface area (Å²) < 4.78 is 0. The standard InChI is InChI=1S/C16H14O3/c1-10-8-14(6-7-15(10)16(18)19)13-5-3-4-12(9-13)11(2)17/h3-9H,1-2H3,(H,18,19)/p-1. The molecule has 0 spiro atoms. The number of carbonyl (C=O) groups excluding carboxylic acids is 2. The number of Topliss-reactive ketones (excluding diaryl/α,β-unsaturated/α-hetero) is 1. The Balaban J connectivity index is 2.48. The second kappa shape index (κ2) is 5.06. The van der Waals surface area contributed by atoms with E-state index in [0.29, 0.717) is 11.1 Å². The van der Waals surface area contributed by atoms with Gasteiger partial charge < -0.3 is 9.90 Å². The molecule has 0 radical (unpaired) electrons. The summed E-state index contributed by atoms with van der Waals surface area (Å²) in [6.45, 7) is 3.24. The number of carboxylic acid groups (broad SMARTS) is 1. The maximum absolute atomic E-state index is 11.4. The minimum Gasteiger partial charge on any atom is -0.545 e. The predicted octanol–water partition coefficient (Wildman–Crippen LogP) is 2.23. The lowest BCUT2D eigenvalue weighted by Crippen LogP contribution is -2.23. The second-order valence-corrected chi connectivity index (χ2v) is 4.45. The van der Waals surface area contributed by atoms with E-state index in [0.717, 1.165) is 11.1 Å². The molecule has 2 rings (SSSR count). The number of aromatic carboxylic acids is 1. The minimum absolute atomic E-state index is 0.00456. The Morgan fingerprint density at radius 1 is 1.00 bits per heavy atom. The molecule has 96 valence electrons. The van der Waals surface area contributed by atoms with E-state index in [1.165, 1.54) is 13.0 Å². The molecule has 0 aromatic heterocycles. The van der Waals surface area contributed by atoms with Crippen molar-refractivity contribution in [3.05, 3.63) is 59.2 Å². The summed E-state index contributed by atoms with van der Waals surface area (Å²) in [6.07, 6.45) is 0. The van der Waals surface area contributed by atoms with Gasteiger partial charge >= 0.3 is 0 Å². The molecule has 0 aliphatic rings. The average molecular weight is 253 g/mol. The smallest absolute Gasteiger partial charge is 0.159 e. The second-order valence-electron chi connectivity index (χ2n) is 4.45. The van der Waals surface area contributed by atoms with Crippen molar-refractivity contribution in [2.24, 2.45) is 0 Å². The summed E-state index contributed by atoms with van der Waals surface area (Å²) >= 11 is 0. The van der Waals surface area contributed by atoms with Gasteiger partial charge in [-0.15, -0.1) is 0 Å². The molecule has 0 fully saturated rings. The van der Waals surface area contributed by atoms with Gasteiger partial charge in [0.15, 0.2) is 5.78 Å². The molecular formula is C16H13O3-. The minimum atomic E-state index is -1.18. The zero-order valence-electron chi connectivity index (χ0n) is 10.8. The van der Waals surface area contributed by atoms with Gasteiger partial charge in [0.25, 0.3) is 0 Å². The molecule has 0 bridgehead atoms. The number of ketones is 1. The van der Waals surface area contributed by atoms with Crippen LogP contribution in [0.4, 0.5) is 0 Å². The van der Waals surface area contributed by atoms with Crippen LogP contribution in [-0.4, -0.2) is 11.8 Å². The highest BCUT2D eigenvalue weighted by Crippen LogP contribution is 2.23. The van der Waals surface area contributed by atoms with E-state index in [9.17, 15) is 14.7 Å². The quantitative estimate of drug-likeness (QED) is 0.788. The van der Waals surface area contributed by atoms with E-state index in [2.05, 4.69) is 0 Å². The monoisotopic (exact) mass is 253 g/mol. The summed E-state index contributed by atoms with van der Waals surface area (Å²) in [7, 11) is 0. The van der Waals surface area contributed by atoms with E-state index >= 15 is 0 Å². The summed E-state index contributed by atoms with van der Waals surface area (Å²) in [6, 6.07) is 12.3. The van der Waals surface area contributed by atoms with Crippen LogP contribution in [0.1, 0.15) is 33.2 Å². The van der Waals surface area contributed by atoms with E-state index in [1.54, 1.807) is 31.2 Å². The van der Waals surface area contributed by atoms with Crippen LogP contribution >= 0.6 is 0 Å². The first-order valence-corrected chi connectivity index (χ1v) is 5.92. The molecule has 19 heavy (non-hydrogen) atoms. The highest BCUT2D eigenvalue weighted by atomic mass is 16.4. The Morgan fingerprint density at radius 3 is 2.26 bits per heavy atom. The third-order valence-corrected chi connectivity index (χ3v) is 3.05. The first-order valence-electron chi connectivity index (χ1n) is 5.92. The van der Waals surface area contributed by atoms with Crippen molar-refractivity contribution >= 4 is 11.8 Å². The van der Waals surface area contributed by atoms with Crippen LogP contribution in [0.5, 0.6) is 0 Å². The number of aryl methyl sites for hydroxylation is 1. The molecule has 0 aliphatic carbocycles. The van der Waals surface area contributed by atoms with Gasteiger partial charge in [-0.1, -0.05) is 36.4 Å².